The Hall–Kier alpha value is -3.09. The number of aliphatic hydroxyl groups is 1. The Kier molecular flexibility index (Phi) is 5.85. The van der Waals surface area contributed by atoms with E-state index in [4.69, 9.17) is 16.3 Å². The van der Waals surface area contributed by atoms with Gasteiger partial charge in [0.1, 0.15) is 17.6 Å². The van der Waals surface area contributed by atoms with Gasteiger partial charge in [-0.3, -0.25) is 14.5 Å². The van der Waals surface area contributed by atoms with Gasteiger partial charge in [-0.05, 0) is 53.8 Å². The van der Waals surface area contributed by atoms with Gasteiger partial charge in [0.25, 0.3) is 11.7 Å². The summed E-state index contributed by atoms with van der Waals surface area (Å²) in [5.74, 6) is -1.30. The van der Waals surface area contributed by atoms with Gasteiger partial charge in [-0.25, -0.2) is 0 Å². The lowest BCUT2D eigenvalue weighted by atomic mass is 9.99. The largest absolute Gasteiger partial charge is 0.507 e. The summed E-state index contributed by atoms with van der Waals surface area (Å²) in [6, 6.07) is 15.2. The molecule has 1 N–H and O–H groups in total. The number of carbonyl (C=O) groups excluding carboxylic acids is 2. The van der Waals surface area contributed by atoms with E-state index in [2.05, 4.69) is 0 Å². The Morgan fingerprint density at radius 1 is 1.16 bits per heavy atom. The molecule has 0 bridgehead atoms. The monoisotopic (exact) mass is 453 g/mol. The lowest BCUT2D eigenvalue weighted by molar-refractivity contribution is -0.132. The molecule has 3 aromatic rings. The first kappa shape index (κ1) is 21.2. The molecule has 1 atom stereocenters. The van der Waals surface area contributed by atoms with E-state index in [1.54, 1.807) is 18.2 Å². The molecule has 158 valence electrons. The number of carbonyl (C=O) groups is 2. The van der Waals surface area contributed by atoms with Crippen LogP contribution in [0.25, 0.3) is 5.76 Å². The zero-order valence-electron chi connectivity index (χ0n) is 17.0. The third kappa shape index (κ3) is 3.73. The molecule has 1 aliphatic heterocycles. The number of hydrogen-bond donors (Lipinski definition) is 1. The second-order valence-electron chi connectivity index (χ2n) is 7.05. The van der Waals surface area contributed by atoms with Crippen molar-refractivity contribution in [2.24, 2.45) is 0 Å². The molecule has 7 heteroatoms. The lowest BCUT2D eigenvalue weighted by Crippen LogP contribution is -2.29. The van der Waals surface area contributed by atoms with Gasteiger partial charge in [-0.2, -0.15) is 0 Å². The highest BCUT2D eigenvalue weighted by Crippen LogP contribution is 2.44. The minimum Gasteiger partial charge on any atom is -0.507 e. The third-order valence-corrected chi connectivity index (χ3v) is 6.56. The molecule has 1 fully saturated rings. The number of Topliss-reactive ketones (excluding diaryl/α,β-unsaturated/α-hetero) is 1. The Balaban J connectivity index is 1.92. The van der Waals surface area contributed by atoms with Crippen LogP contribution in [0.15, 0.2) is 65.6 Å². The molecule has 0 radical (unpaired) electrons. The van der Waals surface area contributed by atoms with E-state index in [9.17, 15) is 14.7 Å². The normalized spacial score (nSPS) is 17.9. The maximum Gasteiger partial charge on any atom is 0.300 e. The average molecular weight is 454 g/mol. The summed E-state index contributed by atoms with van der Waals surface area (Å²) in [7, 11) is 1.50. The van der Waals surface area contributed by atoms with Gasteiger partial charge in [0.2, 0.25) is 0 Å². The predicted molar refractivity (Wildman–Crippen MR) is 123 cm³/mol. The molecule has 1 saturated heterocycles. The summed E-state index contributed by atoms with van der Waals surface area (Å²) in [6.45, 7) is 2.05. The Morgan fingerprint density at radius 3 is 2.52 bits per heavy atom. The van der Waals surface area contributed by atoms with Gasteiger partial charge in [0.05, 0.1) is 17.7 Å². The molecule has 1 aromatic heterocycles. The summed E-state index contributed by atoms with van der Waals surface area (Å²) >= 11 is 7.72. The first-order valence-electron chi connectivity index (χ1n) is 9.73. The number of methoxy groups -OCH3 is 1. The highest BCUT2D eigenvalue weighted by Gasteiger charge is 2.47. The van der Waals surface area contributed by atoms with Crippen molar-refractivity contribution in [1.29, 1.82) is 0 Å². The van der Waals surface area contributed by atoms with Gasteiger partial charge >= 0.3 is 0 Å². The van der Waals surface area contributed by atoms with Crippen LogP contribution in [0.5, 0.6) is 5.75 Å². The van der Waals surface area contributed by atoms with Crippen LogP contribution in [0.3, 0.4) is 0 Å². The first-order chi connectivity index (χ1) is 15.0. The third-order valence-electron chi connectivity index (χ3n) is 5.31. The summed E-state index contributed by atoms with van der Waals surface area (Å²) in [6.07, 6.45) is 0.863. The fraction of sp³-hybridized carbons (Fsp3) is 0.167. The van der Waals surface area contributed by atoms with E-state index < -0.39 is 17.7 Å². The van der Waals surface area contributed by atoms with Crippen molar-refractivity contribution in [2.45, 2.75) is 19.4 Å². The SMILES string of the molecule is CCc1ccc(N2C(=O)C(=O)/C(=C(\O)c3cc(OC)ccc3Cl)C2c2cccs2)cc1. The number of rotatable bonds is 5. The molecule has 31 heavy (non-hydrogen) atoms. The smallest absolute Gasteiger partial charge is 0.300 e. The number of hydrogen-bond acceptors (Lipinski definition) is 5. The van der Waals surface area contributed by atoms with Gasteiger partial charge < -0.3 is 9.84 Å². The molecule has 5 nitrogen and oxygen atoms in total. The molecule has 4 rings (SSSR count). The molecule has 0 aliphatic carbocycles. The average Bonchev–Trinajstić information content (AvgIpc) is 3.41. The number of ether oxygens (including phenoxy) is 1. The van der Waals surface area contributed by atoms with Crippen LogP contribution in [-0.2, 0) is 16.0 Å². The molecular weight excluding hydrogens is 434 g/mol. The quantitative estimate of drug-likeness (QED) is 0.310. The second kappa shape index (κ2) is 8.57. The number of thiophene rings is 1. The van der Waals surface area contributed by atoms with Crippen molar-refractivity contribution in [2.75, 3.05) is 12.0 Å². The van der Waals surface area contributed by atoms with Crippen LogP contribution in [-0.4, -0.2) is 23.9 Å². The zero-order valence-corrected chi connectivity index (χ0v) is 18.5. The van der Waals surface area contributed by atoms with Crippen LogP contribution in [0.4, 0.5) is 5.69 Å². The van der Waals surface area contributed by atoms with E-state index >= 15 is 0 Å². The topological polar surface area (TPSA) is 66.8 Å². The molecule has 0 spiro atoms. The van der Waals surface area contributed by atoms with Crippen LogP contribution in [0.1, 0.15) is 29.0 Å². The molecule has 2 aromatic carbocycles. The van der Waals surface area contributed by atoms with E-state index in [1.807, 2.05) is 48.7 Å². The number of aryl methyl sites for hydroxylation is 1. The van der Waals surface area contributed by atoms with Crippen LogP contribution in [0.2, 0.25) is 5.02 Å². The van der Waals surface area contributed by atoms with Crippen LogP contribution < -0.4 is 9.64 Å². The Morgan fingerprint density at radius 2 is 1.90 bits per heavy atom. The lowest BCUT2D eigenvalue weighted by Gasteiger charge is -2.24. The first-order valence-corrected chi connectivity index (χ1v) is 11.0. The predicted octanol–water partition coefficient (Wildman–Crippen LogP) is 5.60. The number of nitrogens with zero attached hydrogens (tertiary/aromatic N) is 1. The van der Waals surface area contributed by atoms with Crippen molar-refractivity contribution in [3.63, 3.8) is 0 Å². The maximum atomic E-state index is 13.1. The number of ketones is 1. The van der Waals surface area contributed by atoms with Gasteiger partial charge in [-0.1, -0.05) is 36.7 Å². The number of benzene rings is 2. The number of amides is 1. The van der Waals surface area contributed by atoms with E-state index in [0.29, 0.717) is 11.4 Å². The van der Waals surface area contributed by atoms with Gasteiger partial charge in [-0.15, -0.1) is 11.3 Å². The summed E-state index contributed by atoms with van der Waals surface area (Å²) in [5.41, 5.74) is 1.95. The Bertz CT molecular complexity index is 1170. The van der Waals surface area contributed by atoms with Crippen molar-refractivity contribution in [1.82, 2.24) is 0 Å². The maximum absolute atomic E-state index is 13.1. The number of halogens is 1. The minimum atomic E-state index is -0.755. The van der Waals surface area contributed by atoms with Gasteiger partial charge in [0, 0.05) is 16.1 Å². The fourth-order valence-electron chi connectivity index (χ4n) is 3.67. The molecule has 0 saturated carbocycles. The molecule has 1 amide bonds. The summed E-state index contributed by atoms with van der Waals surface area (Å²) in [4.78, 5) is 28.4. The van der Waals surface area contributed by atoms with Crippen LogP contribution in [0, 0.1) is 0 Å². The molecule has 1 unspecified atom stereocenters. The Labute approximate surface area is 189 Å². The summed E-state index contributed by atoms with van der Waals surface area (Å²) in [5, 5.41) is 13.3. The second-order valence-corrected chi connectivity index (χ2v) is 8.44. The standard InChI is InChI=1S/C24H20ClNO4S/c1-3-14-6-8-15(9-7-14)26-21(19-5-4-12-31-19)20(23(28)24(26)29)22(27)17-13-16(30-2)10-11-18(17)25/h4-13,21,27H,3H2,1-2H3/b22-20-. The molecule has 1 aliphatic rings. The fourth-order valence-corrected chi connectivity index (χ4v) is 4.70. The highest BCUT2D eigenvalue weighted by atomic mass is 35.5. The van der Waals surface area contributed by atoms with E-state index in [-0.39, 0.29) is 21.9 Å². The van der Waals surface area contributed by atoms with Crippen molar-refractivity contribution in [3.05, 3.63) is 86.6 Å². The van der Waals surface area contributed by atoms with Crippen molar-refractivity contribution in [3.8, 4) is 5.75 Å². The van der Waals surface area contributed by atoms with Crippen molar-refractivity contribution < 1.29 is 19.4 Å². The number of aliphatic hydroxyl groups excluding tert-OH is 1. The minimum absolute atomic E-state index is 0.00201. The van der Waals surface area contributed by atoms with Crippen LogP contribution >= 0.6 is 22.9 Å². The van der Waals surface area contributed by atoms with Gasteiger partial charge in [0.15, 0.2) is 0 Å². The molecule has 2 heterocycles. The zero-order chi connectivity index (χ0) is 22.1. The summed E-state index contributed by atoms with van der Waals surface area (Å²) < 4.78 is 5.23. The number of anilines is 1. The molecular formula is C24H20ClNO4S. The van der Waals surface area contributed by atoms with E-state index in [1.165, 1.54) is 23.3 Å². The highest BCUT2D eigenvalue weighted by molar-refractivity contribution is 7.10. The van der Waals surface area contributed by atoms with Crippen molar-refractivity contribution >= 4 is 46.1 Å². The van der Waals surface area contributed by atoms with E-state index in [0.717, 1.165) is 16.9 Å².